The Hall–Kier alpha value is -1.87. The minimum absolute atomic E-state index is 0.0449. The van der Waals surface area contributed by atoms with Crippen LogP contribution in [0.3, 0.4) is 0 Å². The van der Waals surface area contributed by atoms with Crippen LogP contribution in [0.25, 0.3) is 0 Å². The van der Waals surface area contributed by atoms with E-state index in [1.165, 1.54) is 18.2 Å². The lowest BCUT2D eigenvalue weighted by atomic mass is 9.90. The van der Waals surface area contributed by atoms with Crippen molar-refractivity contribution in [2.75, 3.05) is 5.75 Å². The Labute approximate surface area is 125 Å². The Morgan fingerprint density at radius 3 is 2.52 bits per heavy atom. The van der Waals surface area contributed by atoms with Gasteiger partial charge in [0.15, 0.2) is 9.84 Å². The van der Waals surface area contributed by atoms with Crippen LogP contribution < -0.4 is 0 Å². The number of nitrogens with zero attached hydrogens (tertiary/aromatic N) is 1. The van der Waals surface area contributed by atoms with Crippen LogP contribution >= 0.6 is 0 Å². The SMILES string of the molecule is Cc1ccc(C(=O)O)cc1S(=O)(=O)CCCC(C)(C)C#N. The minimum Gasteiger partial charge on any atom is -0.478 e. The molecule has 1 rings (SSSR count). The van der Waals surface area contributed by atoms with E-state index in [1.54, 1.807) is 20.8 Å². The Balaban J connectivity index is 2.96. The quantitative estimate of drug-likeness (QED) is 0.871. The molecular weight excluding hydrogens is 290 g/mol. The number of carboxylic acids is 1. The van der Waals surface area contributed by atoms with Crippen LogP contribution in [0.2, 0.25) is 0 Å². The van der Waals surface area contributed by atoms with Crippen LogP contribution in [0.1, 0.15) is 42.6 Å². The lowest BCUT2D eigenvalue weighted by Gasteiger charge is -2.15. The second kappa shape index (κ2) is 6.27. The molecule has 6 heteroatoms. The summed E-state index contributed by atoms with van der Waals surface area (Å²) < 4.78 is 24.7. The molecule has 0 heterocycles. The topological polar surface area (TPSA) is 95.2 Å². The predicted octanol–water partition coefficient (Wildman–Crippen LogP) is 2.80. The van der Waals surface area contributed by atoms with Crippen LogP contribution in [-0.2, 0) is 9.84 Å². The first kappa shape index (κ1) is 17.2. The number of aromatic carboxylic acids is 1. The molecule has 0 aliphatic rings. The zero-order valence-corrected chi connectivity index (χ0v) is 13.2. The molecule has 0 saturated heterocycles. The van der Waals surface area contributed by atoms with Gasteiger partial charge in [-0.15, -0.1) is 0 Å². The van der Waals surface area contributed by atoms with E-state index >= 15 is 0 Å². The van der Waals surface area contributed by atoms with Gasteiger partial charge in [-0.3, -0.25) is 0 Å². The molecule has 0 aliphatic carbocycles. The van der Waals surface area contributed by atoms with Crippen LogP contribution in [0, 0.1) is 23.7 Å². The van der Waals surface area contributed by atoms with Crippen molar-refractivity contribution in [1.29, 1.82) is 5.26 Å². The van der Waals surface area contributed by atoms with Crippen LogP contribution in [0.15, 0.2) is 23.1 Å². The Morgan fingerprint density at radius 2 is 2.00 bits per heavy atom. The van der Waals surface area contributed by atoms with Crippen molar-refractivity contribution in [1.82, 2.24) is 0 Å². The van der Waals surface area contributed by atoms with Crippen LogP contribution in [0.4, 0.5) is 0 Å². The van der Waals surface area contributed by atoms with Gasteiger partial charge in [-0.25, -0.2) is 13.2 Å². The summed E-state index contributed by atoms with van der Waals surface area (Å²) in [5.41, 5.74) is -0.0796. The van der Waals surface area contributed by atoms with Gasteiger partial charge in [0.05, 0.1) is 27.7 Å². The third-order valence-corrected chi connectivity index (χ3v) is 5.22. The maximum atomic E-state index is 12.3. The fourth-order valence-corrected chi connectivity index (χ4v) is 3.55. The molecule has 0 unspecified atom stereocenters. The fourth-order valence-electron chi connectivity index (χ4n) is 1.94. The van der Waals surface area contributed by atoms with Crippen molar-refractivity contribution in [2.24, 2.45) is 5.41 Å². The van der Waals surface area contributed by atoms with Gasteiger partial charge < -0.3 is 5.11 Å². The van der Waals surface area contributed by atoms with E-state index in [1.807, 2.05) is 0 Å². The number of carboxylic acid groups (broad SMARTS) is 1. The standard InChI is InChI=1S/C15H19NO4S/c1-11-5-6-12(14(17)18)9-13(11)21(19,20)8-4-7-15(2,3)10-16/h5-6,9H,4,7-8H2,1-3H3,(H,17,18). The number of nitriles is 1. The van der Waals surface area contributed by atoms with E-state index in [-0.39, 0.29) is 16.2 Å². The first-order valence-corrected chi connectivity index (χ1v) is 8.22. The average Bonchev–Trinajstić information content (AvgIpc) is 2.38. The maximum Gasteiger partial charge on any atom is 0.335 e. The van der Waals surface area contributed by atoms with E-state index in [4.69, 9.17) is 10.4 Å². The fraction of sp³-hybridized carbons (Fsp3) is 0.467. The zero-order chi connectivity index (χ0) is 16.3. The monoisotopic (exact) mass is 309 g/mol. The van der Waals surface area contributed by atoms with Gasteiger partial charge in [-0.2, -0.15) is 5.26 Å². The molecule has 0 aromatic heterocycles. The molecule has 0 saturated carbocycles. The van der Waals surface area contributed by atoms with Gasteiger partial charge in [0.25, 0.3) is 0 Å². The third-order valence-electron chi connectivity index (χ3n) is 3.29. The van der Waals surface area contributed by atoms with Crippen molar-refractivity contribution >= 4 is 15.8 Å². The Bertz CT molecular complexity index is 684. The maximum absolute atomic E-state index is 12.3. The number of aryl methyl sites for hydroxylation is 1. The summed E-state index contributed by atoms with van der Waals surface area (Å²) >= 11 is 0. The zero-order valence-electron chi connectivity index (χ0n) is 12.4. The van der Waals surface area contributed by atoms with E-state index < -0.39 is 21.2 Å². The first-order chi connectivity index (χ1) is 9.59. The summed E-state index contributed by atoms with van der Waals surface area (Å²) in [5, 5.41) is 17.9. The molecule has 0 aliphatic heterocycles. The Kier molecular flexibility index (Phi) is 5.13. The number of benzene rings is 1. The van der Waals surface area contributed by atoms with Gasteiger partial charge >= 0.3 is 5.97 Å². The highest BCUT2D eigenvalue weighted by molar-refractivity contribution is 7.91. The summed E-state index contributed by atoms with van der Waals surface area (Å²) in [4.78, 5) is 11.0. The molecule has 0 radical (unpaired) electrons. The van der Waals surface area contributed by atoms with Crippen LogP contribution in [-0.4, -0.2) is 25.2 Å². The van der Waals surface area contributed by atoms with Crippen LogP contribution in [0.5, 0.6) is 0 Å². The van der Waals surface area contributed by atoms with E-state index in [0.29, 0.717) is 18.4 Å². The molecule has 0 fully saturated rings. The van der Waals surface area contributed by atoms with E-state index in [0.717, 1.165) is 0 Å². The van der Waals surface area contributed by atoms with Gasteiger partial charge in [0.1, 0.15) is 0 Å². The molecule has 0 atom stereocenters. The first-order valence-electron chi connectivity index (χ1n) is 6.57. The summed E-state index contributed by atoms with van der Waals surface area (Å²) in [7, 11) is -3.55. The van der Waals surface area contributed by atoms with Crippen molar-refractivity contribution in [3.05, 3.63) is 29.3 Å². The Morgan fingerprint density at radius 1 is 1.38 bits per heavy atom. The molecule has 1 N–H and O–H groups in total. The molecule has 1 aromatic rings. The summed E-state index contributed by atoms with van der Waals surface area (Å²) in [6.45, 7) is 5.16. The van der Waals surface area contributed by atoms with E-state index in [9.17, 15) is 13.2 Å². The summed E-state index contributed by atoms with van der Waals surface area (Å²) in [5.74, 6) is -1.25. The highest BCUT2D eigenvalue weighted by atomic mass is 32.2. The van der Waals surface area contributed by atoms with Crippen molar-refractivity contribution in [3.8, 4) is 6.07 Å². The van der Waals surface area contributed by atoms with Crippen molar-refractivity contribution < 1.29 is 18.3 Å². The normalized spacial score (nSPS) is 11.9. The van der Waals surface area contributed by atoms with E-state index in [2.05, 4.69) is 6.07 Å². The number of sulfone groups is 1. The second-order valence-electron chi connectivity index (χ2n) is 5.70. The molecule has 0 bridgehead atoms. The number of hydrogen-bond donors (Lipinski definition) is 1. The van der Waals surface area contributed by atoms with Gasteiger partial charge in [-0.05, 0) is 51.3 Å². The summed E-state index contributed by atoms with van der Waals surface area (Å²) in [6.07, 6.45) is 0.833. The number of rotatable bonds is 6. The molecule has 0 spiro atoms. The lowest BCUT2D eigenvalue weighted by molar-refractivity contribution is 0.0696. The number of hydrogen-bond acceptors (Lipinski definition) is 4. The molecule has 21 heavy (non-hydrogen) atoms. The van der Waals surface area contributed by atoms with Gasteiger partial charge in [0.2, 0.25) is 0 Å². The average molecular weight is 309 g/mol. The lowest BCUT2D eigenvalue weighted by Crippen LogP contribution is -2.14. The number of carbonyl (C=O) groups is 1. The molecule has 114 valence electrons. The summed E-state index contributed by atoms with van der Waals surface area (Å²) in [6, 6.07) is 6.21. The largest absolute Gasteiger partial charge is 0.478 e. The predicted molar refractivity (Wildman–Crippen MR) is 78.8 cm³/mol. The van der Waals surface area contributed by atoms with Crippen molar-refractivity contribution in [3.63, 3.8) is 0 Å². The molecule has 5 nitrogen and oxygen atoms in total. The third kappa shape index (κ3) is 4.57. The highest BCUT2D eigenvalue weighted by Gasteiger charge is 2.22. The second-order valence-corrected chi connectivity index (χ2v) is 7.78. The highest BCUT2D eigenvalue weighted by Crippen LogP contribution is 2.24. The molecular formula is C15H19NO4S. The van der Waals surface area contributed by atoms with Gasteiger partial charge in [-0.1, -0.05) is 6.07 Å². The molecule has 1 aromatic carbocycles. The smallest absolute Gasteiger partial charge is 0.335 e. The van der Waals surface area contributed by atoms with Gasteiger partial charge in [0, 0.05) is 0 Å². The minimum atomic E-state index is -3.55. The van der Waals surface area contributed by atoms with Crippen molar-refractivity contribution in [2.45, 2.75) is 38.5 Å². The molecule has 0 amide bonds.